The maximum Gasteiger partial charge on any atom is 0.326 e. The number of carbonyl (C=O) groups excluding carboxylic acids is 2. The SMILES string of the molecule is CC(C(=O)O)N1CCC2(CCC1=O)NC(=O)c1ccccc1O2. The first-order chi connectivity index (χ1) is 10.9. The first kappa shape index (κ1) is 15.3. The van der Waals surface area contributed by atoms with Gasteiger partial charge in [-0.25, -0.2) is 4.79 Å². The van der Waals surface area contributed by atoms with E-state index in [0.29, 0.717) is 24.2 Å². The second kappa shape index (κ2) is 5.57. The maximum absolute atomic E-state index is 12.3. The van der Waals surface area contributed by atoms with E-state index in [1.54, 1.807) is 24.3 Å². The molecule has 7 nitrogen and oxygen atoms in total. The summed E-state index contributed by atoms with van der Waals surface area (Å²) in [6, 6.07) is 6.04. The molecule has 23 heavy (non-hydrogen) atoms. The number of likely N-dealkylation sites (tertiary alicyclic amines) is 1. The highest BCUT2D eigenvalue weighted by Gasteiger charge is 2.43. The van der Waals surface area contributed by atoms with Crippen LogP contribution in [0.4, 0.5) is 0 Å². The van der Waals surface area contributed by atoms with Crippen LogP contribution in [0.1, 0.15) is 36.5 Å². The summed E-state index contributed by atoms with van der Waals surface area (Å²) in [4.78, 5) is 37.0. The van der Waals surface area contributed by atoms with Gasteiger partial charge in [-0.05, 0) is 19.1 Å². The molecule has 0 aromatic heterocycles. The Labute approximate surface area is 133 Å². The van der Waals surface area contributed by atoms with Crippen LogP contribution in [-0.4, -0.2) is 46.1 Å². The van der Waals surface area contributed by atoms with E-state index in [1.165, 1.54) is 11.8 Å². The molecule has 3 rings (SSSR count). The zero-order valence-electron chi connectivity index (χ0n) is 12.7. The van der Waals surface area contributed by atoms with E-state index >= 15 is 0 Å². The molecule has 2 amide bonds. The van der Waals surface area contributed by atoms with Gasteiger partial charge < -0.3 is 20.1 Å². The first-order valence-electron chi connectivity index (χ1n) is 7.55. The normalized spacial score (nSPS) is 25.2. The summed E-state index contributed by atoms with van der Waals surface area (Å²) in [5.41, 5.74) is -0.502. The molecular weight excluding hydrogens is 300 g/mol. The Morgan fingerprint density at radius 3 is 2.83 bits per heavy atom. The fraction of sp³-hybridized carbons (Fsp3) is 0.438. The van der Waals surface area contributed by atoms with Gasteiger partial charge >= 0.3 is 5.97 Å². The minimum Gasteiger partial charge on any atom is -0.480 e. The molecule has 2 atom stereocenters. The molecule has 0 saturated carbocycles. The van der Waals surface area contributed by atoms with Crippen LogP contribution in [0.2, 0.25) is 0 Å². The van der Waals surface area contributed by atoms with Crippen molar-refractivity contribution in [1.29, 1.82) is 0 Å². The van der Waals surface area contributed by atoms with Crippen molar-refractivity contribution in [2.45, 2.75) is 38.0 Å². The summed E-state index contributed by atoms with van der Waals surface area (Å²) in [6.45, 7) is 1.70. The molecule has 122 valence electrons. The van der Waals surface area contributed by atoms with E-state index in [1.807, 2.05) is 0 Å². The smallest absolute Gasteiger partial charge is 0.326 e. The van der Waals surface area contributed by atoms with E-state index in [2.05, 4.69) is 5.32 Å². The summed E-state index contributed by atoms with van der Waals surface area (Å²) in [7, 11) is 0. The third kappa shape index (κ3) is 2.74. The average Bonchev–Trinajstić information content (AvgIpc) is 2.67. The summed E-state index contributed by atoms with van der Waals surface area (Å²) >= 11 is 0. The van der Waals surface area contributed by atoms with E-state index in [9.17, 15) is 14.4 Å². The van der Waals surface area contributed by atoms with Crippen molar-refractivity contribution < 1.29 is 24.2 Å². The van der Waals surface area contributed by atoms with Crippen LogP contribution in [0, 0.1) is 0 Å². The molecule has 2 aliphatic heterocycles. The van der Waals surface area contributed by atoms with Gasteiger partial charge in [0.15, 0.2) is 5.72 Å². The van der Waals surface area contributed by atoms with Crippen molar-refractivity contribution in [3.8, 4) is 5.75 Å². The predicted molar refractivity (Wildman–Crippen MR) is 79.9 cm³/mol. The monoisotopic (exact) mass is 318 g/mol. The van der Waals surface area contributed by atoms with Gasteiger partial charge in [-0.2, -0.15) is 0 Å². The first-order valence-corrected chi connectivity index (χ1v) is 7.55. The highest BCUT2D eigenvalue weighted by atomic mass is 16.5. The Kier molecular flexibility index (Phi) is 3.71. The number of hydrogen-bond donors (Lipinski definition) is 2. The van der Waals surface area contributed by atoms with Crippen LogP contribution in [-0.2, 0) is 9.59 Å². The Morgan fingerprint density at radius 2 is 2.09 bits per heavy atom. The Balaban J connectivity index is 1.84. The van der Waals surface area contributed by atoms with E-state index in [4.69, 9.17) is 9.84 Å². The van der Waals surface area contributed by atoms with Crippen molar-refractivity contribution in [1.82, 2.24) is 10.2 Å². The molecule has 1 fully saturated rings. The van der Waals surface area contributed by atoms with Gasteiger partial charge in [-0.1, -0.05) is 12.1 Å². The van der Waals surface area contributed by atoms with Crippen molar-refractivity contribution >= 4 is 17.8 Å². The second-order valence-electron chi connectivity index (χ2n) is 5.90. The molecular formula is C16H18N2O5. The number of fused-ring (bicyclic) bond motifs is 1. The average molecular weight is 318 g/mol. The third-order valence-corrected chi connectivity index (χ3v) is 4.42. The van der Waals surface area contributed by atoms with Crippen molar-refractivity contribution in [2.24, 2.45) is 0 Å². The standard InChI is InChI=1S/C16H18N2O5/c1-10(15(21)22)18-9-8-16(7-6-13(18)19)17-14(20)11-4-2-3-5-12(11)23-16/h2-5,10H,6-9H2,1H3,(H,17,20)(H,21,22). The van der Waals surface area contributed by atoms with Gasteiger partial charge in [-0.3, -0.25) is 9.59 Å². The van der Waals surface area contributed by atoms with E-state index in [-0.39, 0.29) is 24.8 Å². The minimum absolute atomic E-state index is 0.125. The highest BCUT2D eigenvalue weighted by Crippen LogP contribution is 2.33. The Hall–Kier alpha value is -2.57. The molecule has 0 bridgehead atoms. The van der Waals surface area contributed by atoms with Crippen LogP contribution >= 0.6 is 0 Å². The number of hydrogen-bond acceptors (Lipinski definition) is 4. The second-order valence-corrected chi connectivity index (χ2v) is 5.90. The molecule has 2 unspecified atom stereocenters. The molecule has 2 heterocycles. The Morgan fingerprint density at radius 1 is 1.35 bits per heavy atom. The molecule has 1 aromatic rings. The zero-order chi connectivity index (χ0) is 16.6. The molecule has 7 heteroatoms. The maximum atomic E-state index is 12.3. The topological polar surface area (TPSA) is 95.9 Å². The molecule has 0 aliphatic carbocycles. The van der Waals surface area contributed by atoms with Gasteiger partial charge in [0.25, 0.3) is 5.91 Å². The Bertz CT molecular complexity index is 674. The number of aliphatic carboxylic acids is 1. The van der Waals surface area contributed by atoms with Crippen LogP contribution < -0.4 is 10.1 Å². The summed E-state index contributed by atoms with van der Waals surface area (Å²) < 4.78 is 5.99. The van der Waals surface area contributed by atoms with Gasteiger partial charge in [0.1, 0.15) is 11.8 Å². The number of rotatable bonds is 2. The third-order valence-electron chi connectivity index (χ3n) is 4.42. The number of carboxylic acids is 1. The van der Waals surface area contributed by atoms with Crippen LogP contribution in [0.5, 0.6) is 5.75 Å². The molecule has 1 spiro atoms. The zero-order valence-corrected chi connectivity index (χ0v) is 12.7. The number of benzene rings is 1. The number of carboxylic acid groups (broad SMARTS) is 1. The fourth-order valence-electron chi connectivity index (χ4n) is 3.03. The van der Waals surface area contributed by atoms with Crippen LogP contribution in [0.25, 0.3) is 0 Å². The van der Waals surface area contributed by atoms with E-state index in [0.717, 1.165) is 0 Å². The lowest BCUT2D eigenvalue weighted by atomic mass is 10.0. The van der Waals surface area contributed by atoms with Gasteiger partial charge in [-0.15, -0.1) is 0 Å². The quantitative estimate of drug-likeness (QED) is 0.848. The fourth-order valence-corrected chi connectivity index (χ4v) is 3.03. The number of carbonyl (C=O) groups is 3. The number of ether oxygens (including phenoxy) is 1. The molecule has 1 aromatic carbocycles. The lowest BCUT2D eigenvalue weighted by Crippen LogP contribution is -2.56. The summed E-state index contributed by atoms with van der Waals surface area (Å²) in [5, 5.41) is 12.0. The highest BCUT2D eigenvalue weighted by molar-refractivity contribution is 5.98. The molecule has 2 aliphatic rings. The molecule has 0 radical (unpaired) electrons. The van der Waals surface area contributed by atoms with Gasteiger partial charge in [0, 0.05) is 25.8 Å². The van der Waals surface area contributed by atoms with Crippen molar-refractivity contribution in [2.75, 3.05) is 6.54 Å². The van der Waals surface area contributed by atoms with Gasteiger partial charge in [0.05, 0.1) is 5.56 Å². The lowest BCUT2D eigenvalue weighted by Gasteiger charge is -2.38. The minimum atomic E-state index is -1.05. The number of nitrogens with one attached hydrogen (secondary N) is 1. The van der Waals surface area contributed by atoms with Crippen molar-refractivity contribution in [3.63, 3.8) is 0 Å². The molecule has 1 saturated heterocycles. The van der Waals surface area contributed by atoms with Crippen LogP contribution in [0.3, 0.4) is 0 Å². The summed E-state index contributed by atoms with van der Waals surface area (Å²) in [6.07, 6.45) is 0.783. The van der Waals surface area contributed by atoms with Crippen LogP contribution in [0.15, 0.2) is 24.3 Å². The van der Waals surface area contributed by atoms with E-state index < -0.39 is 17.7 Å². The number of para-hydroxylation sites is 1. The van der Waals surface area contributed by atoms with Gasteiger partial charge in [0.2, 0.25) is 5.91 Å². The predicted octanol–water partition coefficient (Wildman–Crippen LogP) is 0.991. The summed E-state index contributed by atoms with van der Waals surface area (Å²) in [5.74, 6) is -1.04. The lowest BCUT2D eigenvalue weighted by molar-refractivity contribution is -0.149. The van der Waals surface area contributed by atoms with Crippen molar-refractivity contribution in [3.05, 3.63) is 29.8 Å². The largest absolute Gasteiger partial charge is 0.480 e. The number of amides is 2. The molecule has 2 N–H and O–H groups in total. The number of nitrogens with zero attached hydrogens (tertiary/aromatic N) is 1.